The van der Waals surface area contributed by atoms with Crippen molar-refractivity contribution in [2.24, 2.45) is 11.8 Å². The van der Waals surface area contributed by atoms with Gasteiger partial charge in [0, 0.05) is 33.9 Å². The van der Waals surface area contributed by atoms with Crippen molar-refractivity contribution in [1.82, 2.24) is 9.80 Å². The maximum Gasteiger partial charge on any atom is 0.242 e. The average molecular weight is 522 g/mol. The number of carbonyl (C=O) groups excluding carboxylic acids is 2. The predicted octanol–water partition coefficient (Wildman–Crippen LogP) is 6.98. The Morgan fingerprint density at radius 1 is 1.12 bits per heavy atom. The molecule has 0 radical (unpaired) electrons. The highest BCUT2D eigenvalue weighted by atomic mass is 35.5. The molecule has 4 rings (SSSR count). The molecule has 1 atom stereocenters. The van der Waals surface area contributed by atoms with Crippen LogP contribution in [0.15, 0.2) is 29.6 Å². The van der Waals surface area contributed by atoms with E-state index in [4.69, 9.17) is 23.2 Å². The van der Waals surface area contributed by atoms with Crippen LogP contribution in [0.1, 0.15) is 74.4 Å². The highest BCUT2D eigenvalue weighted by molar-refractivity contribution is 7.10. The van der Waals surface area contributed by atoms with Crippen LogP contribution in [-0.4, -0.2) is 41.2 Å². The Balaban J connectivity index is 1.59. The van der Waals surface area contributed by atoms with Crippen LogP contribution in [0.4, 0.5) is 0 Å². The van der Waals surface area contributed by atoms with E-state index >= 15 is 0 Å². The molecule has 34 heavy (non-hydrogen) atoms. The van der Waals surface area contributed by atoms with Crippen LogP contribution in [0, 0.1) is 11.8 Å². The number of thiophene rings is 1. The Labute approximate surface area is 217 Å². The van der Waals surface area contributed by atoms with Crippen LogP contribution in [0.25, 0.3) is 0 Å². The largest absolute Gasteiger partial charge is 0.333 e. The van der Waals surface area contributed by atoms with Crippen molar-refractivity contribution < 1.29 is 9.59 Å². The maximum atomic E-state index is 13.8. The summed E-state index contributed by atoms with van der Waals surface area (Å²) in [7, 11) is 0. The third-order valence-electron chi connectivity index (χ3n) is 7.11. The number of benzene rings is 1. The third kappa shape index (κ3) is 5.80. The highest BCUT2D eigenvalue weighted by Gasteiger charge is 2.36. The average Bonchev–Trinajstić information content (AvgIpc) is 3.30. The first-order valence-corrected chi connectivity index (χ1v) is 14.1. The number of fused-ring (bicyclic) bond motifs is 1. The third-order valence-corrected chi connectivity index (χ3v) is 8.67. The molecule has 0 saturated heterocycles. The second-order valence-electron chi connectivity index (χ2n) is 9.98. The number of nitrogens with zero attached hydrogens (tertiary/aromatic N) is 2. The van der Waals surface area contributed by atoms with E-state index in [2.05, 4.69) is 25.3 Å². The Morgan fingerprint density at radius 3 is 2.59 bits per heavy atom. The Bertz CT molecular complexity index is 1020. The van der Waals surface area contributed by atoms with Gasteiger partial charge in [-0.3, -0.25) is 9.59 Å². The first-order valence-electron chi connectivity index (χ1n) is 12.4. The molecule has 1 aliphatic heterocycles. The van der Waals surface area contributed by atoms with E-state index in [1.54, 1.807) is 17.4 Å². The molecule has 1 aromatic carbocycles. The monoisotopic (exact) mass is 520 g/mol. The molecular weight excluding hydrogens is 487 g/mol. The second kappa shape index (κ2) is 11.5. The zero-order valence-corrected chi connectivity index (χ0v) is 22.4. The summed E-state index contributed by atoms with van der Waals surface area (Å²) in [5.74, 6) is 0.671. The molecular formula is C27H34Cl2N2O2S. The van der Waals surface area contributed by atoms with Gasteiger partial charge in [-0.1, -0.05) is 62.4 Å². The minimum Gasteiger partial charge on any atom is -0.333 e. The fourth-order valence-corrected chi connectivity index (χ4v) is 6.60. The van der Waals surface area contributed by atoms with Crippen molar-refractivity contribution in [2.75, 3.05) is 19.6 Å². The molecule has 1 aromatic heterocycles. The zero-order valence-electron chi connectivity index (χ0n) is 20.1. The van der Waals surface area contributed by atoms with Gasteiger partial charge in [0.1, 0.15) is 0 Å². The summed E-state index contributed by atoms with van der Waals surface area (Å²) in [6.07, 6.45) is 7.01. The summed E-state index contributed by atoms with van der Waals surface area (Å²) in [5.41, 5.74) is 2.01. The highest BCUT2D eigenvalue weighted by Crippen LogP contribution is 2.41. The van der Waals surface area contributed by atoms with E-state index in [1.807, 2.05) is 21.9 Å². The SMILES string of the molecule is CC(C)CCN(CC(=O)N1CCc2sccc2C1c1ccc(Cl)cc1Cl)C(=O)C1CCCCC1. The topological polar surface area (TPSA) is 40.6 Å². The molecule has 7 heteroatoms. The van der Waals surface area contributed by atoms with Crippen LogP contribution in [-0.2, 0) is 16.0 Å². The minimum absolute atomic E-state index is 0.0132. The predicted molar refractivity (Wildman–Crippen MR) is 141 cm³/mol. The van der Waals surface area contributed by atoms with Crippen LogP contribution >= 0.6 is 34.5 Å². The molecule has 1 unspecified atom stereocenters. The summed E-state index contributed by atoms with van der Waals surface area (Å²) in [6.45, 7) is 5.69. The molecule has 2 amide bonds. The van der Waals surface area contributed by atoms with Gasteiger partial charge in [-0.05, 0) is 66.3 Å². The summed E-state index contributed by atoms with van der Waals surface area (Å²) in [5, 5.41) is 3.21. The van der Waals surface area contributed by atoms with E-state index in [0.717, 1.165) is 49.7 Å². The number of rotatable bonds is 7. The number of hydrogen-bond acceptors (Lipinski definition) is 3. The molecule has 0 N–H and O–H groups in total. The van der Waals surface area contributed by atoms with Crippen molar-refractivity contribution in [1.29, 1.82) is 0 Å². The maximum absolute atomic E-state index is 13.8. The van der Waals surface area contributed by atoms with Gasteiger partial charge in [-0.2, -0.15) is 0 Å². The molecule has 2 aliphatic rings. The van der Waals surface area contributed by atoms with Crippen molar-refractivity contribution in [3.8, 4) is 0 Å². The number of amides is 2. The first kappa shape index (κ1) is 25.5. The lowest BCUT2D eigenvalue weighted by Crippen LogP contribution is -2.48. The van der Waals surface area contributed by atoms with E-state index in [0.29, 0.717) is 29.1 Å². The van der Waals surface area contributed by atoms with Gasteiger partial charge in [0.2, 0.25) is 11.8 Å². The zero-order chi connectivity index (χ0) is 24.2. The summed E-state index contributed by atoms with van der Waals surface area (Å²) in [4.78, 5) is 32.3. The van der Waals surface area contributed by atoms with Gasteiger partial charge in [0.15, 0.2) is 0 Å². The Kier molecular flexibility index (Phi) is 8.60. The molecule has 4 nitrogen and oxygen atoms in total. The standard InChI is InChI=1S/C27H34Cl2N2O2S/c1-18(2)10-13-30(27(33)19-6-4-3-5-7-19)17-25(32)31-14-11-24-22(12-15-34-24)26(31)21-9-8-20(28)16-23(21)29/h8-9,12,15-16,18-19,26H,3-7,10-11,13-14,17H2,1-2H3. The van der Waals surface area contributed by atoms with Crippen LogP contribution in [0.2, 0.25) is 10.0 Å². The molecule has 2 aromatic rings. The quantitative estimate of drug-likeness (QED) is 0.394. The summed E-state index contributed by atoms with van der Waals surface area (Å²) < 4.78 is 0. The molecule has 1 aliphatic carbocycles. The summed E-state index contributed by atoms with van der Waals surface area (Å²) >= 11 is 14.5. The molecule has 1 fully saturated rings. The second-order valence-corrected chi connectivity index (χ2v) is 11.8. The number of hydrogen-bond donors (Lipinski definition) is 0. The van der Waals surface area contributed by atoms with Gasteiger partial charge < -0.3 is 9.80 Å². The molecule has 1 saturated carbocycles. The normalized spacial score (nSPS) is 18.7. The lowest BCUT2D eigenvalue weighted by atomic mass is 9.88. The van der Waals surface area contributed by atoms with Gasteiger partial charge >= 0.3 is 0 Å². The van der Waals surface area contributed by atoms with Gasteiger partial charge in [-0.25, -0.2) is 0 Å². The van der Waals surface area contributed by atoms with Crippen molar-refractivity contribution in [3.63, 3.8) is 0 Å². The van der Waals surface area contributed by atoms with Crippen molar-refractivity contribution in [3.05, 3.63) is 55.7 Å². The van der Waals surface area contributed by atoms with Gasteiger partial charge in [-0.15, -0.1) is 11.3 Å². The fourth-order valence-electron chi connectivity index (χ4n) is 5.19. The lowest BCUT2D eigenvalue weighted by Gasteiger charge is -2.38. The van der Waals surface area contributed by atoms with Crippen LogP contribution in [0.5, 0.6) is 0 Å². The number of carbonyl (C=O) groups is 2. The lowest BCUT2D eigenvalue weighted by molar-refractivity contribution is -0.144. The van der Waals surface area contributed by atoms with E-state index < -0.39 is 0 Å². The van der Waals surface area contributed by atoms with E-state index in [1.165, 1.54) is 11.3 Å². The van der Waals surface area contributed by atoms with Gasteiger partial charge in [0.25, 0.3) is 0 Å². The van der Waals surface area contributed by atoms with Gasteiger partial charge in [0.05, 0.1) is 12.6 Å². The Hall–Kier alpha value is -1.56. The van der Waals surface area contributed by atoms with Crippen LogP contribution < -0.4 is 0 Å². The van der Waals surface area contributed by atoms with Crippen LogP contribution in [0.3, 0.4) is 0 Å². The molecule has 0 bridgehead atoms. The van der Waals surface area contributed by atoms with Crippen molar-refractivity contribution in [2.45, 2.75) is 64.8 Å². The molecule has 2 heterocycles. The number of halogens is 2. The smallest absolute Gasteiger partial charge is 0.242 e. The van der Waals surface area contributed by atoms with E-state index in [9.17, 15) is 9.59 Å². The Morgan fingerprint density at radius 2 is 1.88 bits per heavy atom. The minimum atomic E-state index is -0.260. The first-order chi connectivity index (χ1) is 16.3. The molecule has 0 spiro atoms. The molecule has 184 valence electrons. The van der Waals surface area contributed by atoms with E-state index in [-0.39, 0.29) is 30.3 Å². The van der Waals surface area contributed by atoms with Crippen molar-refractivity contribution >= 4 is 46.4 Å². The summed E-state index contributed by atoms with van der Waals surface area (Å²) in [6, 6.07) is 7.32. The fraction of sp³-hybridized carbons (Fsp3) is 0.556.